The maximum atomic E-state index is 11.0. The summed E-state index contributed by atoms with van der Waals surface area (Å²) in [4.78, 5) is 21.9. The van der Waals surface area contributed by atoms with Crippen LogP contribution in [0.4, 0.5) is 4.79 Å². The van der Waals surface area contributed by atoms with E-state index in [9.17, 15) is 9.59 Å². The average Bonchev–Trinajstić information content (AvgIpc) is 2.41. The van der Waals surface area contributed by atoms with Gasteiger partial charge in [0.25, 0.3) is 0 Å². The summed E-state index contributed by atoms with van der Waals surface area (Å²) in [6, 6.07) is 0.00348. The zero-order chi connectivity index (χ0) is 9.42. The van der Waals surface area contributed by atoms with Crippen molar-refractivity contribution >= 4 is 12.0 Å². The van der Waals surface area contributed by atoms with E-state index in [1.165, 1.54) is 7.11 Å². The summed E-state index contributed by atoms with van der Waals surface area (Å²) >= 11 is 0. The Labute approximate surface area is 75.2 Å². The number of carbonyl (C=O) groups is 2. The molecule has 2 heterocycles. The van der Waals surface area contributed by atoms with Gasteiger partial charge in [-0.3, -0.25) is 10.2 Å². The van der Waals surface area contributed by atoms with Crippen molar-refractivity contribution in [3.63, 3.8) is 0 Å². The number of nitrogens with one attached hydrogen (secondary N) is 2. The number of carbonyl (C=O) groups excluding carboxylic acids is 2. The Kier molecular flexibility index (Phi) is 1.84. The molecule has 6 heteroatoms. The van der Waals surface area contributed by atoms with Crippen LogP contribution in [0.2, 0.25) is 0 Å². The van der Waals surface area contributed by atoms with Gasteiger partial charge in [-0.05, 0) is 6.42 Å². The number of hydrazine groups is 1. The van der Waals surface area contributed by atoms with E-state index in [-0.39, 0.29) is 18.0 Å². The second-order valence-corrected chi connectivity index (χ2v) is 3.15. The molecule has 2 fully saturated rings. The predicted octanol–water partition coefficient (Wildman–Crippen LogP) is -1.17. The van der Waals surface area contributed by atoms with Crippen LogP contribution in [0.15, 0.2) is 0 Å². The summed E-state index contributed by atoms with van der Waals surface area (Å²) in [5.74, 6) is -0.0288. The van der Waals surface area contributed by atoms with Gasteiger partial charge in [-0.15, -0.1) is 0 Å². The van der Waals surface area contributed by atoms with E-state index < -0.39 is 6.09 Å². The molecule has 2 N–H and O–H groups in total. The van der Waals surface area contributed by atoms with Gasteiger partial charge < -0.3 is 10.1 Å². The SMILES string of the molecule is COC(=O)NN1CC[C@H]2NC(=O)[C@H]21. The summed E-state index contributed by atoms with van der Waals surface area (Å²) in [5, 5.41) is 4.37. The lowest BCUT2D eigenvalue weighted by atomic mass is 10.0. The van der Waals surface area contributed by atoms with Crippen LogP contribution in [0.1, 0.15) is 6.42 Å². The Morgan fingerprint density at radius 1 is 1.77 bits per heavy atom. The van der Waals surface area contributed by atoms with E-state index >= 15 is 0 Å². The standard InChI is InChI=1S/C7H11N3O3/c1-13-7(12)9-10-3-2-4-5(10)6(11)8-4/h4-5H,2-3H2,1H3,(H,8,11)(H,9,12)/t4-,5+/m1/s1. The van der Waals surface area contributed by atoms with Crippen LogP contribution in [0.25, 0.3) is 0 Å². The van der Waals surface area contributed by atoms with Crippen molar-refractivity contribution in [2.75, 3.05) is 13.7 Å². The average molecular weight is 185 g/mol. The molecule has 13 heavy (non-hydrogen) atoms. The van der Waals surface area contributed by atoms with Crippen LogP contribution < -0.4 is 10.7 Å². The minimum Gasteiger partial charge on any atom is -0.452 e. The number of ether oxygens (including phenoxy) is 1. The number of methoxy groups -OCH3 is 1. The number of hydrogen-bond donors (Lipinski definition) is 2. The van der Waals surface area contributed by atoms with Crippen LogP contribution in [0.5, 0.6) is 0 Å². The molecule has 0 unspecified atom stereocenters. The molecule has 0 bridgehead atoms. The second kappa shape index (κ2) is 2.88. The molecule has 2 atom stereocenters. The second-order valence-electron chi connectivity index (χ2n) is 3.15. The topological polar surface area (TPSA) is 70.7 Å². The fraction of sp³-hybridized carbons (Fsp3) is 0.714. The largest absolute Gasteiger partial charge is 0.452 e. The van der Waals surface area contributed by atoms with Crippen molar-refractivity contribution in [3.8, 4) is 0 Å². The van der Waals surface area contributed by atoms with Gasteiger partial charge >= 0.3 is 6.09 Å². The molecule has 0 aromatic rings. The van der Waals surface area contributed by atoms with E-state index in [1.807, 2.05) is 0 Å². The minimum atomic E-state index is -0.527. The number of rotatable bonds is 1. The van der Waals surface area contributed by atoms with Crippen molar-refractivity contribution in [2.24, 2.45) is 0 Å². The maximum Gasteiger partial charge on any atom is 0.421 e. The summed E-state index contributed by atoms with van der Waals surface area (Å²) < 4.78 is 4.43. The monoisotopic (exact) mass is 185 g/mol. The maximum absolute atomic E-state index is 11.0. The Morgan fingerprint density at radius 3 is 3.15 bits per heavy atom. The lowest BCUT2D eigenvalue weighted by Gasteiger charge is -2.35. The zero-order valence-electron chi connectivity index (χ0n) is 7.24. The van der Waals surface area contributed by atoms with Gasteiger partial charge in [0.15, 0.2) is 0 Å². The van der Waals surface area contributed by atoms with E-state index in [2.05, 4.69) is 15.5 Å². The quantitative estimate of drug-likeness (QED) is 0.505. The van der Waals surface area contributed by atoms with Gasteiger partial charge in [0.1, 0.15) is 6.04 Å². The lowest BCUT2D eigenvalue weighted by molar-refractivity contribution is -0.134. The van der Waals surface area contributed by atoms with Crippen LogP contribution >= 0.6 is 0 Å². The third kappa shape index (κ3) is 1.23. The molecule has 0 aromatic carbocycles. The van der Waals surface area contributed by atoms with Gasteiger partial charge in [-0.25, -0.2) is 9.80 Å². The first-order chi connectivity index (χ1) is 6.22. The fourth-order valence-electron chi connectivity index (χ4n) is 1.73. The van der Waals surface area contributed by atoms with Gasteiger partial charge in [0.2, 0.25) is 5.91 Å². The van der Waals surface area contributed by atoms with Crippen molar-refractivity contribution in [1.29, 1.82) is 0 Å². The van der Waals surface area contributed by atoms with Crippen LogP contribution in [-0.4, -0.2) is 42.7 Å². The van der Waals surface area contributed by atoms with Gasteiger partial charge in [0.05, 0.1) is 13.2 Å². The highest BCUT2D eigenvalue weighted by Gasteiger charge is 2.48. The smallest absolute Gasteiger partial charge is 0.421 e. The van der Waals surface area contributed by atoms with Gasteiger partial charge in [-0.2, -0.15) is 0 Å². The van der Waals surface area contributed by atoms with E-state index in [4.69, 9.17) is 0 Å². The lowest BCUT2D eigenvalue weighted by Crippen LogP contribution is -2.66. The predicted molar refractivity (Wildman–Crippen MR) is 42.6 cm³/mol. The zero-order valence-corrected chi connectivity index (χ0v) is 7.24. The first-order valence-corrected chi connectivity index (χ1v) is 4.14. The van der Waals surface area contributed by atoms with Crippen LogP contribution in [-0.2, 0) is 9.53 Å². The molecule has 2 aliphatic rings. The molecule has 0 spiro atoms. The highest BCUT2D eigenvalue weighted by molar-refractivity contribution is 5.90. The van der Waals surface area contributed by atoms with Crippen molar-refractivity contribution in [1.82, 2.24) is 15.8 Å². The highest BCUT2D eigenvalue weighted by atomic mass is 16.5. The van der Waals surface area contributed by atoms with E-state index in [0.29, 0.717) is 6.54 Å². The Bertz CT molecular complexity index is 255. The van der Waals surface area contributed by atoms with Crippen molar-refractivity contribution in [3.05, 3.63) is 0 Å². The first kappa shape index (κ1) is 8.31. The molecule has 72 valence electrons. The number of nitrogens with zero attached hydrogens (tertiary/aromatic N) is 1. The van der Waals surface area contributed by atoms with Crippen LogP contribution in [0, 0.1) is 0 Å². The molecule has 6 nitrogen and oxygen atoms in total. The number of hydrogen-bond acceptors (Lipinski definition) is 4. The molecule has 0 aromatic heterocycles. The molecular formula is C7H11N3O3. The van der Waals surface area contributed by atoms with E-state index in [1.54, 1.807) is 5.01 Å². The first-order valence-electron chi connectivity index (χ1n) is 4.14. The molecule has 2 amide bonds. The van der Waals surface area contributed by atoms with Crippen molar-refractivity contribution in [2.45, 2.75) is 18.5 Å². The molecule has 0 saturated carbocycles. The van der Waals surface area contributed by atoms with E-state index in [0.717, 1.165) is 6.42 Å². The normalized spacial score (nSPS) is 31.6. The Balaban J connectivity index is 1.93. The van der Waals surface area contributed by atoms with Gasteiger partial charge in [-0.1, -0.05) is 0 Å². The number of fused-ring (bicyclic) bond motifs is 1. The summed E-state index contributed by atoms with van der Waals surface area (Å²) in [6.07, 6.45) is 0.348. The Hall–Kier alpha value is -1.30. The summed E-state index contributed by atoms with van der Waals surface area (Å²) in [7, 11) is 1.30. The molecular weight excluding hydrogens is 174 g/mol. The fourth-order valence-corrected chi connectivity index (χ4v) is 1.73. The number of β-lactam (4-membered cyclic amide) rings is 1. The minimum absolute atomic E-state index is 0.0288. The highest BCUT2D eigenvalue weighted by Crippen LogP contribution is 2.22. The summed E-state index contributed by atoms with van der Waals surface area (Å²) in [6.45, 7) is 0.684. The van der Waals surface area contributed by atoms with Crippen molar-refractivity contribution < 1.29 is 14.3 Å². The molecule has 2 saturated heterocycles. The number of amides is 2. The molecule has 2 rings (SSSR count). The van der Waals surface area contributed by atoms with Crippen LogP contribution in [0.3, 0.4) is 0 Å². The Morgan fingerprint density at radius 2 is 2.54 bits per heavy atom. The molecule has 2 aliphatic heterocycles. The molecule has 0 aliphatic carbocycles. The third-order valence-corrected chi connectivity index (χ3v) is 2.41. The third-order valence-electron chi connectivity index (χ3n) is 2.41. The summed E-state index contributed by atoms with van der Waals surface area (Å²) in [5.41, 5.74) is 2.50. The molecule has 0 radical (unpaired) electrons. The van der Waals surface area contributed by atoms with Gasteiger partial charge in [0, 0.05) is 6.54 Å².